The molecule has 3 nitrogen and oxygen atoms in total. The summed E-state index contributed by atoms with van der Waals surface area (Å²) in [5, 5.41) is 4.17. The Labute approximate surface area is 169 Å². The van der Waals surface area contributed by atoms with Crippen LogP contribution in [0, 0.1) is 0 Å². The lowest BCUT2D eigenvalue weighted by Gasteiger charge is -2.13. The van der Waals surface area contributed by atoms with Crippen molar-refractivity contribution in [1.29, 1.82) is 0 Å². The first-order valence-corrected chi connectivity index (χ1v) is 10.4. The Hall–Kier alpha value is -1.89. The highest BCUT2D eigenvalue weighted by atomic mass is 79.9. The SMILES string of the molecule is O=S1Oc2ccc3cc(Br)ccc3c2-c2c(ccc3cc(Br)ccc23)O1. The Kier molecular flexibility index (Phi) is 3.81. The van der Waals surface area contributed by atoms with Crippen LogP contribution in [0.5, 0.6) is 11.5 Å². The van der Waals surface area contributed by atoms with Gasteiger partial charge < -0.3 is 8.37 Å². The predicted molar refractivity (Wildman–Crippen MR) is 112 cm³/mol. The maximum Gasteiger partial charge on any atom is 0.417 e. The summed E-state index contributed by atoms with van der Waals surface area (Å²) in [5.74, 6) is 1.10. The average molecular weight is 490 g/mol. The Balaban J connectivity index is 1.98. The molecule has 5 rings (SSSR count). The lowest BCUT2D eigenvalue weighted by atomic mass is 9.92. The van der Waals surface area contributed by atoms with Crippen LogP contribution in [-0.4, -0.2) is 4.21 Å². The van der Waals surface area contributed by atoms with Crippen molar-refractivity contribution in [3.8, 4) is 22.6 Å². The molecule has 0 fully saturated rings. The smallest absolute Gasteiger partial charge is 0.370 e. The molecule has 0 saturated heterocycles. The topological polar surface area (TPSA) is 35.5 Å². The fourth-order valence-electron chi connectivity index (χ4n) is 3.38. The van der Waals surface area contributed by atoms with Crippen LogP contribution in [0.15, 0.2) is 69.6 Å². The first-order chi connectivity index (χ1) is 12.6. The van der Waals surface area contributed by atoms with Crippen molar-refractivity contribution in [3.63, 3.8) is 0 Å². The van der Waals surface area contributed by atoms with Crippen LogP contribution in [-0.2, 0) is 11.4 Å². The monoisotopic (exact) mass is 488 g/mol. The number of fused-ring (bicyclic) bond motifs is 7. The van der Waals surface area contributed by atoms with Crippen LogP contribution in [0.3, 0.4) is 0 Å². The molecular formula is C20H10Br2O3S. The maximum absolute atomic E-state index is 12.2. The van der Waals surface area contributed by atoms with Gasteiger partial charge in [-0.05, 0) is 57.9 Å². The molecule has 0 N–H and O–H groups in total. The zero-order valence-electron chi connectivity index (χ0n) is 13.2. The summed E-state index contributed by atoms with van der Waals surface area (Å²) in [6, 6.07) is 19.8. The second-order valence-electron chi connectivity index (χ2n) is 5.98. The van der Waals surface area contributed by atoms with Gasteiger partial charge >= 0.3 is 11.4 Å². The van der Waals surface area contributed by atoms with Crippen LogP contribution in [0.25, 0.3) is 32.7 Å². The van der Waals surface area contributed by atoms with E-state index < -0.39 is 11.4 Å². The number of rotatable bonds is 0. The number of benzene rings is 4. The highest BCUT2D eigenvalue weighted by Gasteiger charge is 2.25. The van der Waals surface area contributed by atoms with E-state index >= 15 is 0 Å². The van der Waals surface area contributed by atoms with Crippen molar-refractivity contribution >= 4 is 64.8 Å². The van der Waals surface area contributed by atoms with Gasteiger partial charge in [-0.15, -0.1) is 0 Å². The zero-order chi connectivity index (χ0) is 17.8. The van der Waals surface area contributed by atoms with Gasteiger partial charge in [0.1, 0.15) is 0 Å². The molecule has 1 aliphatic rings. The van der Waals surface area contributed by atoms with Crippen LogP contribution in [0.4, 0.5) is 0 Å². The predicted octanol–water partition coefficient (Wildman–Crippen LogP) is 6.53. The maximum atomic E-state index is 12.2. The molecule has 4 aromatic carbocycles. The van der Waals surface area contributed by atoms with Crippen molar-refractivity contribution in [2.24, 2.45) is 0 Å². The lowest BCUT2D eigenvalue weighted by Crippen LogP contribution is -2.06. The summed E-state index contributed by atoms with van der Waals surface area (Å²) < 4.78 is 25.4. The molecule has 128 valence electrons. The summed E-state index contributed by atoms with van der Waals surface area (Å²) >= 11 is 5.15. The highest BCUT2D eigenvalue weighted by molar-refractivity contribution is 9.10. The Morgan fingerprint density at radius 3 is 1.58 bits per heavy atom. The molecule has 1 heterocycles. The molecule has 4 aromatic rings. The van der Waals surface area contributed by atoms with Gasteiger partial charge in [0.2, 0.25) is 0 Å². The van der Waals surface area contributed by atoms with Gasteiger partial charge in [-0.2, -0.15) is 4.21 Å². The zero-order valence-corrected chi connectivity index (χ0v) is 17.2. The normalized spacial score (nSPS) is 13.6. The molecule has 0 aliphatic carbocycles. The lowest BCUT2D eigenvalue weighted by molar-refractivity contribution is 0.469. The van der Waals surface area contributed by atoms with Crippen LogP contribution in [0.2, 0.25) is 0 Å². The van der Waals surface area contributed by atoms with Crippen molar-refractivity contribution < 1.29 is 12.6 Å². The standard InChI is InChI=1S/C20H10Br2O3S/c21-13-3-5-15-11(9-13)1-7-17-19(15)20-16-6-4-14(22)10-12(16)2-8-18(20)25-26(23)24-17/h1-10H. The number of hydrogen-bond acceptors (Lipinski definition) is 3. The van der Waals surface area contributed by atoms with Crippen molar-refractivity contribution in [3.05, 3.63) is 69.6 Å². The highest BCUT2D eigenvalue weighted by Crippen LogP contribution is 2.48. The van der Waals surface area contributed by atoms with E-state index in [0.29, 0.717) is 11.5 Å². The summed E-state index contributed by atoms with van der Waals surface area (Å²) in [5.41, 5.74) is 1.78. The Bertz CT molecular complexity index is 1140. The third-order valence-corrected chi connectivity index (χ3v) is 6.07. The number of halogens is 2. The molecular weight excluding hydrogens is 480 g/mol. The van der Waals surface area contributed by atoms with Crippen molar-refractivity contribution in [1.82, 2.24) is 0 Å². The minimum absolute atomic E-state index is 0.548. The summed E-state index contributed by atoms with van der Waals surface area (Å²) in [6.07, 6.45) is 0. The van der Waals surface area contributed by atoms with E-state index in [2.05, 4.69) is 44.0 Å². The van der Waals surface area contributed by atoms with Gasteiger partial charge in [0, 0.05) is 20.1 Å². The van der Waals surface area contributed by atoms with Crippen LogP contribution < -0.4 is 8.37 Å². The Morgan fingerprint density at radius 2 is 1.12 bits per heavy atom. The summed E-state index contributed by atoms with van der Waals surface area (Å²) in [6.45, 7) is 0. The van der Waals surface area contributed by atoms with Crippen LogP contribution >= 0.6 is 31.9 Å². The van der Waals surface area contributed by atoms with Gasteiger partial charge in [-0.3, -0.25) is 0 Å². The van der Waals surface area contributed by atoms with Gasteiger partial charge in [0.05, 0.1) is 0 Å². The van der Waals surface area contributed by atoms with E-state index in [4.69, 9.17) is 8.37 Å². The Morgan fingerprint density at radius 1 is 0.654 bits per heavy atom. The molecule has 0 radical (unpaired) electrons. The number of hydrogen-bond donors (Lipinski definition) is 0. The van der Waals surface area contributed by atoms with E-state index in [9.17, 15) is 4.21 Å². The van der Waals surface area contributed by atoms with Gasteiger partial charge in [0.15, 0.2) is 11.5 Å². The first kappa shape index (κ1) is 16.3. The van der Waals surface area contributed by atoms with Gasteiger partial charge in [0.25, 0.3) is 0 Å². The summed E-state index contributed by atoms with van der Waals surface area (Å²) in [7, 11) is 0. The average Bonchev–Trinajstić information content (AvgIpc) is 2.76. The molecule has 0 atom stereocenters. The molecule has 1 aliphatic heterocycles. The molecule has 26 heavy (non-hydrogen) atoms. The molecule has 6 heteroatoms. The van der Waals surface area contributed by atoms with Crippen LogP contribution in [0.1, 0.15) is 0 Å². The molecule has 0 saturated carbocycles. The van der Waals surface area contributed by atoms with Gasteiger partial charge in [-0.1, -0.05) is 56.1 Å². The second-order valence-corrected chi connectivity index (χ2v) is 8.55. The molecule has 0 unspecified atom stereocenters. The first-order valence-electron chi connectivity index (χ1n) is 7.83. The molecule has 0 aromatic heterocycles. The molecule has 0 amide bonds. The summed E-state index contributed by atoms with van der Waals surface area (Å²) in [4.78, 5) is 0. The van der Waals surface area contributed by atoms with E-state index in [-0.39, 0.29) is 0 Å². The fourth-order valence-corrected chi connectivity index (χ4v) is 4.74. The largest absolute Gasteiger partial charge is 0.417 e. The van der Waals surface area contributed by atoms with Crippen molar-refractivity contribution in [2.45, 2.75) is 0 Å². The quantitative estimate of drug-likeness (QED) is 0.281. The minimum Gasteiger partial charge on any atom is -0.370 e. The van der Waals surface area contributed by atoms with E-state index in [1.807, 2.05) is 48.5 Å². The third-order valence-electron chi connectivity index (χ3n) is 4.45. The van der Waals surface area contributed by atoms with E-state index in [1.54, 1.807) is 0 Å². The second kappa shape index (κ2) is 6.08. The third kappa shape index (κ3) is 2.55. The van der Waals surface area contributed by atoms with Gasteiger partial charge in [-0.25, -0.2) is 0 Å². The van der Waals surface area contributed by atoms with Crippen molar-refractivity contribution in [2.75, 3.05) is 0 Å². The molecule has 0 spiro atoms. The van der Waals surface area contributed by atoms with E-state index in [0.717, 1.165) is 41.6 Å². The van der Waals surface area contributed by atoms with E-state index in [1.165, 1.54) is 0 Å². The minimum atomic E-state index is -1.89. The molecule has 0 bridgehead atoms. The fraction of sp³-hybridized carbons (Fsp3) is 0.